The fraction of sp³-hybridized carbons (Fsp3) is 0.571. The van der Waals surface area contributed by atoms with E-state index in [2.05, 4.69) is 31.3 Å². The first-order valence-corrected chi connectivity index (χ1v) is 6.22. The van der Waals surface area contributed by atoms with Gasteiger partial charge in [-0.1, -0.05) is 17.7 Å². The molecule has 0 aromatic heterocycles. The molecule has 0 aliphatic carbocycles. The number of ether oxygens (including phenoxy) is 2. The van der Waals surface area contributed by atoms with Crippen LogP contribution in [0.25, 0.3) is 0 Å². The molecule has 3 nitrogen and oxygen atoms in total. The van der Waals surface area contributed by atoms with E-state index in [1.54, 1.807) is 0 Å². The molecule has 0 spiro atoms. The Morgan fingerprint density at radius 2 is 1.88 bits per heavy atom. The van der Waals surface area contributed by atoms with E-state index in [9.17, 15) is 0 Å². The summed E-state index contributed by atoms with van der Waals surface area (Å²) in [6.45, 7) is 10.1. The van der Waals surface area contributed by atoms with Gasteiger partial charge in [-0.15, -0.1) is 0 Å². The number of aryl methyl sites for hydroxylation is 2. The molecule has 96 valence electrons. The topological polar surface area (TPSA) is 30.5 Å². The Morgan fingerprint density at radius 1 is 1.12 bits per heavy atom. The van der Waals surface area contributed by atoms with Gasteiger partial charge in [-0.25, -0.2) is 0 Å². The minimum Gasteiger partial charge on any atom is -0.492 e. The summed E-state index contributed by atoms with van der Waals surface area (Å²) in [7, 11) is 0. The Kier molecular flexibility index (Phi) is 6.67. The molecule has 0 aliphatic rings. The van der Waals surface area contributed by atoms with Gasteiger partial charge in [0.05, 0.1) is 6.61 Å². The number of hydrogen-bond donors (Lipinski definition) is 1. The molecule has 1 N–H and O–H groups in total. The van der Waals surface area contributed by atoms with Crippen LogP contribution in [0.1, 0.15) is 18.1 Å². The van der Waals surface area contributed by atoms with Crippen LogP contribution in [-0.2, 0) is 4.74 Å². The molecule has 0 amide bonds. The largest absolute Gasteiger partial charge is 0.492 e. The van der Waals surface area contributed by atoms with Gasteiger partial charge in [0.1, 0.15) is 12.4 Å². The zero-order valence-electron chi connectivity index (χ0n) is 11.1. The summed E-state index contributed by atoms with van der Waals surface area (Å²) in [4.78, 5) is 0. The van der Waals surface area contributed by atoms with E-state index in [1.165, 1.54) is 11.1 Å². The fourth-order valence-corrected chi connectivity index (χ4v) is 1.61. The number of rotatable bonds is 8. The third kappa shape index (κ3) is 5.71. The maximum absolute atomic E-state index is 5.70. The average molecular weight is 237 g/mol. The second-order valence-electron chi connectivity index (χ2n) is 4.06. The number of nitrogens with one attached hydrogen (secondary N) is 1. The van der Waals surface area contributed by atoms with Crippen molar-refractivity contribution < 1.29 is 9.47 Å². The van der Waals surface area contributed by atoms with Crippen LogP contribution in [0, 0.1) is 13.8 Å². The van der Waals surface area contributed by atoms with Gasteiger partial charge >= 0.3 is 0 Å². The lowest BCUT2D eigenvalue weighted by atomic mass is 10.1. The highest BCUT2D eigenvalue weighted by Crippen LogP contribution is 2.18. The van der Waals surface area contributed by atoms with Gasteiger partial charge in [-0.2, -0.15) is 0 Å². The Balaban J connectivity index is 2.14. The highest BCUT2D eigenvalue weighted by molar-refractivity contribution is 5.35. The minimum absolute atomic E-state index is 0.691. The molecule has 0 atom stereocenters. The van der Waals surface area contributed by atoms with Crippen LogP contribution >= 0.6 is 0 Å². The van der Waals surface area contributed by atoms with Gasteiger partial charge in [-0.05, 0) is 32.4 Å². The zero-order valence-corrected chi connectivity index (χ0v) is 11.1. The molecule has 17 heavy (non-hydrogen) atoms. The standard InChI is InChI=1S/C14H23NO2/c1-4-16-9-7-15-8-10-17-14-6-5-12(2)11-13(14)3/h5-6,11,15H,4,7-10H2,1-3H3. The Morgan fingerprint density at radius 3 is 2.59 bits per heavy atom. The number of benzene rings is 1. The van der Waals surface area contributed by atoms with Crippen molar-refractivity contribution in [2.75, 3.05) is 32.9 Å². The molecule has 3 heteroatoms. The summed E-state index contributed by atoms with van der Waals surface area (Å²) in [6, 6.07) is 6.24. The van der Waals surface area contributed by atoms with Gasteiger partial charge in [0.2, 0.25) is 0 Å². The quantitative estimate of drug-likeness (QED) is 0.704. The monoisotopic (exact) mass is 237 g/mol. The van der Waals surface area contributed by atoms with Gasteiger partial charge in [0, 0.05) is 19.7 Å². The first kappa shape index (κ1) is 14.0. The predicted octanol–water partition coefficient (Wildman–Crippen LogP) is 2.31. The minimum atomic E-state index is 0.691. The van der Waals surface area contributed by atoms with E-state index in [4.69, 9.17) is 9.47 Å². The maximum Gasteiger partial charge on any atom is 0.122 e. The summed E-state index contributed by atoms with van der Waals surface area (Å²) in [5.41, 5.74) is 2.46. The van der Waals surface area contributed by atoms with Crippen LogP contribution in [-0.4, -0.2) is 32.9 Å². The van der Waals surface area contributed by atoms with Gasteiger partial charge < -0.3 is 14.8 Å². The summed E-state index contributed by atoms with van der Waals surface area (Å²) in [5.74, 6) is 0.974. The Bertz CT molecular complexity index is 326. The molecule has 0 radical (unpaired) electrons. The molecular formula is C14H23NO2. The molecule has 0 saturated carbocycles. The summed E-state index contributed by atoms with van der Waals surface area (Å²) < 4.78 is 10.9. The van der Waals surface area contributed by atoms with E-state index in [0.717, 1.165) is 32.1 Å². The van der Waals surface area contributed by atoms with E-state index in [1.807, 2.05) is 13.0 Å². The highest BCUT2D eigenvalue weighted by atomic mass is 16.5. The Hall–Kier alpha value is -1.06. The lowest BCUT2D eigenvalue weighted by molar-refractivity contribution is 0.148. The molecule has 1 rings (SSSR count). The average Bonchev–Trinajstić information content (AvgIpc) is 2.30. The second kappa shape index (κ2) is 8.09. The molecule has 0 fully saturated rings. The third-order valence-corrected chi connectivity index (χ3v) is 2.49. The van der Waals surface area contributed by atoms with Crippen LogP contribution in [0.15, 0.2) is 18.2 Å². The summed E-state index contributed by atoms with van der Waals surface area (Å²) in [5, 5.41) is 3.27. The van der Waals surface area contributed by atoms with Crippen molar-refractivity contribution >= 4 is 0 Å². The molecule has 1 aromatic carbocycles. The van der Waals surface area contributed by atoms with Crippen molar-refractivity contribution in [1.29, 1.82) is 0 Å². The van der Waals surface area contributed by atoms with Crippen molar-refractivity contribution in [3.63, 3.8) is 0 Å². The van der Waals surface area contributed by atoms with Crippen LogP contribution in [0.2, 0.25) is 0 Å². The van der Waals surface area contributed by atoms with E-state index >= 15 is 0 Å². The van der Waals surface area contributed by atoms with E-state index in [-0.39, 0.29) is 0 Å². The molecule has 0 heterocycles. The normalized spacial score (nSPS) is 10.5. The van der Waals surface area contributed by atoms with Gasteiger partial charge in [0.25, 0.3) is 0 Å². The van der Waals surface area contributed by atoms with E-state index < -0.39 is 0 Å². The highest BCUT2D eigenvalue weighted by Gasteiger charge is 1.98. The third-order valence-electron chi connectivity index (χ3n) is 2.49. The zero-order chi connectivity index (χ0) is 12.5. The maximum atomic E-state index is 5.70. The van der Waals surface area contributed by atoms with Gasteiger partial charge in [0.15, 0.2) is 0 Å². The molecule has 0 saturated heterocycles. The first-order valence-electron chi connectivity index (χ1n) is 6.22. The lowest BCUT2D eigenvalue weighted by Gasteiger charge is -2.10. The fourth-order valence-electron chi connectivity index (χ4n) is 1.61. The molecule has 0 aliphatic heterocycles. The van der Waals surface area contributed by atoms with Crippen molar-refractivity contribution in [2.24, 2.45) is 0 Å². The number of hydrogen-bond acceptors (Lipinski definition) is 3. The van der Waals surface area contributed by atoms with Crippen LogP contribution < -0.4 is 10.1 Å². The van der Waals surface area contributed by atoms with Crippen molar-refractivity contribution in [3.05, 3.63) is 29.3 Å². The van der Waals surface area contributed by atoms with Crippen LogP contribution in [0.5, 0.6) is 5.75 Å². The summed E-state index contributed by atoms with van der Waals surface area (Å²) >= 11 is 0. The predicted molar refractivity (Wildman–Crippen MR) is 70.8 cm³/mol. The molecule has 0 unspecified atom stereocenters. The molecule has 1 aromatic rings. The van der Waals surface area contributed by atoms with Crippen molar-refractivity contribution in [1.82, 2.24) is 5.32 Å². The SMILES string of the molecule is CCOCCNCCOc1ccc(C)cc1C. The van der Waals surface area contributed by atoms with E-state index in [0.29, 0.717) is 6.61 Å². The van der Waals surface area contributed by atoms with Crippen molar-refractivity contribution in [3.8, 4) is 5.75 Å². The summed E-state index contributed by atoms with van der Waals surface area (Å²) in [6.07, 6.45) is 0. The molecular weight excluding hydrogens is 214 g/mol. The first-order chi connectivity index (χ1) is 8.24. The second-order valence-corrected chi connectivity index (χ2v) is 4.06. The van der Waals surface area contributed by atoms with Crippen LogP contribution in [0.4, 0.5) is 0 Å². The Labute approximate surface area is 104 Å². The molecule has 0 bridgehead atoms. The van der Waals surface area contributed by atoms with Crippen molar-refractivity contribution in [2.45, 2.75) is 20.8 Å². The smallest absolute Gasteiger partial charge is 0.122 e. The lowest BCUT2D eigenvalue weighted by Crippen LogP contribution is -2.25. The van der Waals surface area contributed by atoms with Crippen LogP contribution in [0.3, 0.4) is 0 Å². The van der Waals surface area contributed by atoms with Gasteiger partial charge in [-0.3, -0.25) is 0 Å².